The normalized spacial score (nSPS) is 12.2. The molecule has 1 aromatic rings. The van der Waals surface area contributed by atoms with Gasteiger partial charge in [-0.2, -0.15) is 13.2 Å². The summed E-state index contributed by atoms with van der Waals surface area (Å²) in [5.41, 5.74) is -4.44. The first-order valence-corrected chi connectivity index (χ1v) is 7.59. The first kappa shape index (κ1) is 19.8. The van der Waals surface area contributed by atoms with E-state index in [2.05, 4.69) is 5.32 Å². The first-order chi connectivity index (χ1) is 11.1. The summed E-state index contributed by atoms with van der Waals surface area (Å²) in [6.07, 6.45) is -1.25. The molecule has 10 heteroatoms. The third-order valence-corrected chi connectivity index (χ3v) is 3.29. The molecule has 6 nitrogen and oxygen atoms in total. The molecule has 0 heterocycles. The molecule has 0 bridgehead atoms. The van der Waals surface area contributed by atoms with Gasteiger partial charge >= 0.3 is 17.5 Å². The van der Waals surface area contributed by atoms with Crippen LogP contribution in [0.3, 0.4) is 0 Å². The van der Waals surface area contributed by atoms with Gasteiger partial charge in [-0.25, -0.2) is 9.59 Å². The summed E-state index contributed by atoms with van der Waals surface area (Å²) in [6, 6.07) is 3.83. The zero-order valence-electron chi connectivity index (χ0n) is 12.8. The summed E-state index contributed by atoms with van der Waals surface area (Å²) in [5, 5.41) is 4.31. The number of benzene rings is 1. The van der Waals surface area contributed by atoms with E-state index in [1.54, 1.807) is 6.92 Å². The summed E-state index contributed by atoms with van der Waals surface area (Å²) >= 11 is -0.309. The topological polar surface area (TPSA) is 84.5 Å². The Balaban J connectivity index is 2.61. The Morgan fingerprint density at radius 3 is 2.29 bits per heavy atom. The maximum absolute atomic E-state index is 12.2. The molecule has 0 spiro atoms. The molecular weight excluding hydrogens is 349 g/mol. The fraction of sp³-hybridized carbons (Fsp3) is 0.357. The molecule has 2 N–H and O–H groups in total. The molecule has 0 radical (unpaired) electrons. The van der Waals surface area contributed by atoms with E-state index in [1.807, 2.05) is 5.32 Å². The van der Waals surface area contributed by atoms with E-state index in [0.29, 0.717) is 6.54 Å². The van der Waals surface area contributed by atoms with Crippen LogP contribution in [0.25, 0.3) is 0 Å². The number of carbonyl (C=O) groups is 3. The molecule has 1 atom stereocenters. The molecule has 0 aliphatic carbocycles. The van der Waals surface area contributed by atoms with E-state index < -0.39 is 29.5 Å². The second kappa shape index (κ2) is 8.57. The maximum Gasteiger partial charge on any atom is 0.446 e. The number of carbonyl (C=O) groups excluding carboxylic acids is 3. The molecule has 132 valence electrons. The predicted octanol–water partition coefficient (Wildman–Crippen LogP) is 2.69. The van der Waals surface area contributed by atoms with Gasteiger partial charge < -0.3 is 10.1 Å². The summed E-state index contributed by atoms with van der Waals surface area (Å²) in [5.74, 6) is -1.71. The highest BCUT2D eigenvalue weighted by atomic mass is 32.2. The van der Waals surface area contributed by atoms with Crippen molar-refractivity contribution in [1.29, 1.82) is 0 Å². The minimum atomic E-state index is -4.42. The van der Waals surface area contributed by atoms with Crippen molar-refractivity contribution in [2.24, 2.45) is 0 Å². The van der Waals surface area contributed by atoms with Gasteiger partial charge in [0.05, 0.1) is 5.56 Å². The van der Waals surface area contributed by atoms with E-state index in [-0.39, 0.29) is 22.2 Å². The van der Waals surface area contributed by atoms with Gasteiger partial charge in [0, 0.05) is 11.4 Å². The Kier molecular flexibility index (Phi) is 7.08. The molecule has 3 amide bonds. The van der Waals surface area contributed by atoms with Gasteiger partial charge in [0.1, 0.15) is 0 Å². The van der Waals surface area contributed by atoms with Gasteiger partial charge in [0.2, 0.25) is 0 Å². The highest BCUT2D eigenvalue weighted by molar-refractivity contribution is 8.00. The highest BCUT2D eigenvalue weighted by Gasteiger charge is 2.29. The minimum absolute atomic E-state index is 0.0146. The fourth-order valence-corrected chi connectivity index (χ4v) is 2.03. The summed E-state index contributed by atoms with van der Waals surface area (Å²) in [6.45, 7) is 3.24. The van der Waals surface area contributed by atoms with Gasteiger partial charge in [-0.15, -0.1) is 0 Å². The molecule has 1 aromatic carbocycles. The SMILES string of the molecule is CCNC(=O)NC(=O)C(C)OC(=O)c1ccc(SC(F)(F)F)cc1. The lowest BCUT2D eigenvalue weighted by atomic mass is 10.2. The number of esters is 1. The van der Waals surface area contributed by atoms with Gasteiger partial charge in [-0.3, -0.25) is 10.1 Å². The summed E-state index contributed by atoms with van der Waals surface area (Å²) in [4.78, 5) is 34.6. The maximum atomic E-state index is 12.2. The van der Waals surface area contributed by atoms with Gasteiger partial charge in [-0.1, -0.05) is 0 Å². The number of hydrogen-bond acceptors (Lipinski definition) is 5. The van der Waals surface area contributed by atoms with Crippen LogP contribution in [0.1, 0.15) is 24.2 Å². The lowest BCUT2D eigenvalue weighted by molar-refractivity contribution is -0.127. The van der Waals surface area contributed by atoms with Crippen molar-refractivity contribution in [2.75, 3.05) is 6.54 Å². The molecule has 0 saturated carbocycles. The number of hydrogen-bond donors (Lipinski definition) is 2. The number of rotatable bonds is 5. The fourth-order valence-electron chi connectivity index (χ4n) is 1.49. The van der Waals surface area contributed by atoms with E-state index >= 15 is 0 Å². The van der Waals surface area contributed by atoms with Crippen LogP contribution >= 0.6 is 11.8 Å². The molecule has 0 fully saturated rings. The molecule has 0 aromatic heterocycles. The average Bonchev–Trinajstić information content (AvgIpc) is 2.46. The molecular formula is C14H15F3N2O4S. The van der Waals surface area contributed by atoms with Crippen LogP contribution in [0.4, 0.5) is 18.0 Å². The van der Waals surface area contributed by atoms with Crippen LogP contribution in [0.2, 0.25) is 0 Å². The number of halogens is 3. The third kappa shape index (κ3) is 6.90. The zero-order chi connectivity index (χ0) is 18.3. The number of thioether (sulfide) groups is 1. The van der Waals surface area contributed by atoms with Crippen LogP contribution in [0.15, 0.2) is 29.2 Å². The number of urea groups is 1. The molecule has 0 saturated heterocycles. The van der Waals surface area contributed by atoms with Crippen LogP contribution < -0.4 is 10.6 Å². The molecule has 24 heavy (non-hydrogen) atoms. The number of amides is 3. The number of ether oxygens (including phenoxy) is 1. The molecule has 1 rings (SSSR count). The lowest BCUT2D eigenvalue weighted by Gasteiger charge is -2.13. The van der Waals surface area contributed by atoms with Crippen LogP contribution in [-0.2, 0) is 9.53 Å². The standard InChI is InChI=1S/C14H15F3N2O4S/c1-3-18-13(22)19-11(20)8(2)23-12(21)9-4-6-10(7-5-9)24-14(15,16)17/h4-8H,3H2,1-2H3,(H2,18,19,20,22). The first-order valence-electron chi connectivity index (χ1n) is 6.78. The second-order valence-corrected chi connectivity index (χ2v) is 5.61. The predicted molar refractivity (Wildman–Crippen MR) is 80.4 cm³/mol. The van der Waals surface area contributed by atoms with Crippen LogP contribution in [0, 0.1) is 0 Å². The number of imide groups is 1. The Bertz CT molecular complexity index is 605. The van der Waals surface area contributed by atoms with Crippen molar-refractivity contribution in [2.45, 2.75) is 30.4 Å². The van der Waals surface area contributed by atoms with Gasteiger partial charge in [0.15, 0.2) is 6.10 Å². The largest absolute Gasteiger partial charge is 0.449 e. The summed E-state index contributed by atoms with van der Waals surface area (Å²) < 4.78 is 41.5. The van der Waals surface area contributed by atoms with Crippen LogP contribution in [0.5, 0.6) is 0 Å². The van der Waals surface area contributed by atoms with Crippen molar-refractivity contribution >= 4 is 29.7 Å². The zero-order valence-corrected chi connectivity index (χ0v) is 13.6. The van der Waals surface area contributed by atoms with Crippen molar-refractivity contribution in [3.05, 3.63) is 29.8 Å². The van der Waals surface area contributed by atoms with Gasteiger partial charge in [-0.05, 0) is 49.9 Å². The van der Waals surface area contributed by atoms with E-state index in [1.165, 1.54) is 6.92 Å². The summed E-state index contributed by atoms with van der Waals surface area (Å²) in [7, 11) is 0. The van der Waals surface area contributed by atoms with Crippen molar-refractivity contribution < 1.29 is 32.3 Å². The van der Waals surface area contributed by atoms with Crippen molar-refractivity contribution in [3.63, 3.8) is 0 Å². The Morgan fingerprint density at radius 1 is 1.21 bits per heavy atom. The second-order valence-electron chi connectivity index (χ2n) is 4.47. The quantitative estimate of drug-likeness (QED) is 0.620. The molecule has 0 aliphatic rings. The molecule has 0 aliphatic heterocycles. The van der Waals surface area contributed by atoms with Crippen LogP contribution in [-0.4, -0.2) is 36.1 Å². The third-order valence-electron chi connectivity index (χ3n) is 2.55. The average molecular weight is 364 g/mol. The minimum Gasteiger partial charge on any atom is -0.449 e. The Morgan fingerprint density at radius 2 is 1.79 bits per heavy atom. The van der Waals surface area contributed by atoms with E-state index in [9.17, 15) is 27.6 Å². The van der Waals surface area contributed by atoms with E-state index in [0.717, 1.165) is 24.3 Å². The lowest BCUT2D eigenvalue weighted by Crippen LogP contribution is -2.44. The smallest absolute Gasteiger partial charge is 0.446 e. The number of alkyl halides is 3. The van der Waals surface area contributed by atoms with Crippen molar-refractivity contribution in [3.8, 4) is 0 Å². The molecule has 1 unspecified atom stereocenters. The highest BCUT2D eigenvalue weighted by Crippen LogP contribution is 2.36. The Labute approximate surface area is 140 Å². The van der Waals surface area contributed by atoms with Crippen molar-refractivity contribution in [1.82, 2.24) is 10.6 Å². The van der Waals surface area contributed by atoms with Gasteiger partial charge in [0.25, 0.3) is 5.91 Å². The Hall–Kier alpha value is -2.23. The number of nitrogens with one attached hydrogen (secondary N) is 2. The van der Waals surface area contributed by atoms with E-state index in [4.69, 9.17) is 4.74 Å². The monoisotopic (exact) mass is 364 g/mol.